The van der Waals surface area contributed by atoms with Gasteiger partial charge in [-0.2, -0.15) is 0 Å². The van der Waals surface area contributed by atoms with Crippen LogP contribution in [-0.4, -0.2) is 18.5 Å². The molecule has 0 radical (unpaired) electrons. The average molecular weight is 290 g/mol. The van der Waals surface area contributed by atoms with Gasteiger partial charge in [-0.15, -0.1) is 0 Å². The van der Waals surface area contributed by atoms with Crippen molar-refractivity contribution in [3.05, 3.63) is 35.9 Å². The molecule has 0 aliphatic rings. The molecular formula is C18H30N2O. The van der Waals surface area contributed by atoms with E-state index in [4.69, 9.17) is 0 Å². The molecule has 1 atom stereocenters. The summed E-state index contributed by atoms with van der Waals surface area (Å²) in [6.07, 6.45) is 2.67. The number of carbonyl (C=O) groups excluding carboxylic acids is 1. The summed E-state index contributed by atoms with van der Waals surface area (Å²) >= 11 is 0. The van der Waals surface area contributed by atoms with E-state index in [1.165, 1.54) is 5.56 Å². The van der Waals surface area contributed by atoms with Crippen molar-refractivity contribution in [3.63, 3.8) is 0 Å². The lowest BCUT2D eigenvalue weighted by Gasteiger charge is -2.27. The van der Waals surface area contributed by atoms with Gasteiger partial charge in [-0.1, -0.05) is 70.9 Å². The first-order valence-electron chi connectivity index (χ1n) is 8.16. The molecule has 0 aliphatic heterocycles. The molecule has 0 saturated heterocycles. The Balaban J connectivity index is 2.67. The standard InChI is InChI=1S/C18H30N2O/c1-5-15(6-2)18(16-10-8-7-9-11-16)20-17(21)12-13-19-14(3)4/h7-11,14-15,18-19H,5-6,12-13H2,1-4H3,(H,20,21). The molecule has 3 heteroatoms. The molecular weight excluding hydrogens is 260 g/mol. The Bertz CT molecular complexity index is 399. The van der Waals surface area contributed by atoms with Crippen LogP contribution in [0, 0.1) is 5.92 Å². The molecule has 1 aromatic rings. The van der Waals surface area contributed by atoms with Crippen LogP contribution in [0.3, 0.4) is 0 Å². The highest BCUT2D eigenvalue weighted by atomic mass is 16.1. The minimum Gasteiger partial charge on any atom is -0.349 e. The first kappa shape index (κ1) is 17.7. The summed E-state index contributed by atoms with van der Waals surface area (Å²) in [5, 5.41) is 6.52. The van der Waals surface area contributed by atoms with Gasteiger partial charge in [-0.25, -0.2) is 0 Å². The van der Waals surface area contributed by atoms with E-state index in [0.29, 0.717) is 18.4 Å². The average Bonchev–Trinajstić information content (AvgIpc) is 2.48. The Kier molecular flexibility index (Phi) is 8.06. The van der Waals surface area contributed by atoms with Crippen molar-refractivity contribution in [2.24, 2.45) is 5.92 Å². The second-order valence-corrected chi connectivity index (χ2v) is 5.89. The van der Waals surface area contributed by atoms with Crippen LogP contribution >= 0.6 is 0 Å². The maximum absolute atomic E-state index is 12.2. The Labute approximate surface area is 129 Å². The fraction of sp³-hybridized carbons (Fsp3) is 0.611. The Hall–Kier alpha value is -1.35. The number of carbonyl (C=O) groups is 1. The van der Waals surface area contributed by atoms with Crippen LogP contribution < -0.4 is 10.6 Å². The minimum atomic E-state index is 0.118. The zero-order valence-corrected chi connectivity index (χ0v) is 13.9. The van der Waals surface area contributed by atoms with Crippen LogP contribution in [0.4, 0.5) is 0 Å². The third-order valence-electron chi connectivity index (χ3n) is 3.90. The zero-order valence-electron chi connectivity index (χ0n) is 13.9. The normalized spacial score (nSPS) is 12.7. The van der Waals surface area contributed by atoms with Crippen molar-refractivity contribution in [1.29, 1.82) is 0 Å². The van der Waals surface area contributed by atoms with Gasteiger partial charge in [0.05, 0.1) is 6.04 Å². The van der Waals surface area contributed by atoms with Crippen molar-refractivity contribution >= 4 is 5.91 Å². The fourth-order valence-corrected chi connectivity index (χ4v) is 2.61. The molecule has 21 heavy (non-hydrogen) atoms. The van der Waals surface area contributed by atoms with Crippen molar-refractivity contribution in [2.75, 3.05) is 6.54 Å². The van der Waals surface area contributed by atoms with Crippen LogP contribution in [0.2, 0.25) is 0 Å². The molecule has 1 aromatic carbocycles. The van der Waals surface area contributed by atoms with E-state index in [1.807, 2.05) is 18.2 Å². The lowest BCUT2D eigenvalue weighted by molar-refractivity contribution is -0.122. The Morgan fingerprint density at radius 1 is 1.10 bits per heavy atom. The second kappa shape index (κ2) is 9.56. The molecule has 0 spiro atoms. The first-order chi connectivity index (χ1) is 10.1. The molecule has 0 aromatic heterocycles. The SMILES string of the molecule is CCC(CC)C(NC(=O)CCNC(C)C)c1ccccc1. The van der Waals surface area contributed by atoms with Crippen LogP contribution in [0.25, 0.3) is 0 Å². The topological polar surface area (TPSA) is 41.1 Å². The predicted molar refractivity (Wildman–Crippen MR) is 89.2 cm³/mol. The number of nitrogens with one attached hydrogen (secondary N) is 2. The van der Waals surface area contributed by atoms with Gasteiger partial charge in [0.15, 0.2) is 0 Å². The summed E-state index contributed by atoms with van der Waals surface area (Å²) in [6, 6.07) is 10.8. The lowest BCUT2D eigenvalue weighted by atomic mass is 9.88. The van der Waals surface area contributed by atoms with Crippen LogP contribution in [-0.2, 0) is 4.79 Å². The molecule has 1 amide bonds. The Morgan fingerprint density at radius 2 is 1.71 bits per heavy atom. The molecule has 118 valence electrons. The highest BCUT2D eigenvalue weighted by molar-refractivity contribution is 5.76. The molecule has 1 unspecified atom stereocenters. The van der Waals surface area contributed by atoms with Gasteiger partial charge < -0.3 is 10.6 Å². The van der Waals surface area contributed by atoms with E-state index in [1.54, 1.807) is 0 Å². The maximum Gasteiger partial charge on any atom is 0.221 e. The van der Waals surface area contributed by atoms with Crippen LogP contribution in [0.1, 0.15) is 58.6 Å². The summed E-state index contributed by atoms with van der Waals surface area (Å²) in [5.41, 5.74) is 1.20. The van der Waals surface area contributed by atoms with Gasteiger partial charge >= 0.3 is 0 Å². The molecule has 0 fully saturated rings. The number of hydrogen-bond acceptors (Lipinski definition) is 2. The third-order valence-corrected chi connectivity index (χ3v) is 3.90. The first-order valence-corrected chi connectivity index (χ1v) is 8.16. The molecule has 0 aliphatic carbocycles. The van der Waals surface area contributed by atoms with E-state index < -0.39 is 0 Å². The molecule has 2 N–H and O–H groups in total. The van der Waals surface area contributed by atoms with E-state index in [0.717, 1.165) is 19.4 Å². The summed E-state index contributed by atoms with van der Waals surface area (Å²) < 4.78 is 0. The largest absolute Gasteiger partial charge is 0.349 e. The molecule has 0 saturated carbocycles. The van der Waals surface area contributed by atoms with Crippen molar-refractivity contribution < 1.29 is 4.79 Å². The molecule has 3 nitrogen and oxygen atoms in total. The van der Waals surface area contributed by atoms with E-state index >= 15 is 0 Å². The van der Waals surface area contributed by atoms with Gasteiger partial charge in [-0.3, -0.25) is 4.79 Å². The number of benzene rings is 1. The number of hydrogen-bond donors (Lipinski definition) is 2. The van der Waals surface area contributed by atoms with E-state index in [2.05, 4.69) is 50.5 Å². The fourth-order valence-electron chi connectivity index (χ4n) is 2.61. The smallest absolute Gasteiger partial charge is 0.221 e. The van der Waals surface area contributed by atoms with Crippen LogP contribution in [0.5, 0.6) is 0 Å². The summed E-state index contributed by atoms with van der Waals surface area (Å²) in [6.45, 7) is 9.30. The monoisotopic (exact) mass is 290 g/mol. The second-order valence-electron chi connectivity index (χ2n) is 5.89. The van der Waals surface area contributed by atoms with E-state index in [9.17, 15) is 4.79 Å². The highest BCUT2D eigenvalue weighted by Crippen LogP contribution is 2.27. The maximum atomic E-state index is 12.2. The molecule has 0 bridgehead atoms. The molecule has 1 rings (SSSR count). The van der Waals surface area contributed by atoms with Gasteiger partial charge in [-0.05, 0) is 11.5 Å². The van der Waals surface area contributed by atoms with Crippen molar-refractivity contribution in [2.45, 2.75) is 59.0 Å². The van der Waals surface area contributed by atoms with Crippen molar-refractivity contribution in [1.82, 2.24) is 10.6 Å². The summed E-state index contributed by atoms with van der Waals surface area (Å²) in [7, 11) is 0. The zero-order chi connectivity index (χ0) is 15.7. The van der Waals surface area contributed by atoms with Crippen LogP contribution in [0.15, 0.2) is 30.3 Å². The van der Waals surface area contributed by atoms with Crippen molar-refractivity contribution in [3.8, 4) is 0 Å². The molecule has 0 heterocycles. The van der Waals surface area contributed by atoms with Gasteiger partial charge in [0.25, 0.3) is 0 Å². The minimum absolute atomic E-state index is 0.118. The predicted octanol–water partition coefficient (Wildman–Crippen LogP) is 3.67. The van der Waals surface area contributed by atoms with Gasteiger partial charge in [0.2, 0.25) is 5.91 Å². The lowest BCUT2D eigenvalue weighted by Crippen LogP contribution is -2.35. The Morgan fingerprint density at radius 3 is 2.24 bits per heavy atom. The van der Waals surface area contributed by atoms with Gasteiger partial charge in [0.1, 0.15) is 0 Å². The summed E-state index contributed by atoms with van der Waals surface area (Å²) in [4.78, 5) is 12.2. The van der Waals surface area contributed by atoms with E-state index in [-0.39, 0.29) is 11.9 Å². The highest BCUT2D eigenvalue weighted by Gasteiger charge is 2.21. The summed E-state index contributed by atoms with van der Waals surface area (Å²) in [5.74, 6) is 0.610. The number of rotatable bonds is 9. The third kappa shape index (κ3) is 6.30. The quantitative estimate of drug-likeness (QED) is 0.728. The van der Waals surface area contributed by atoms with Gasteiger partial charge in [0, 0.05) is 19.0 Å². The number of amides is 1.